The molecule has 0 aromatic heterocycles. The lowest BCUT2D eigenvalue weighted by atomic mass is 10.1. The highest BCUT2D eigenvalue weighted by atomic mass is 32.2. The standard InChI is InChI=1S/C13H20FN3S/c1-13(2,3)17-12(15)16-8-9-7-10(14)5-6-11(9)18-4/h5-7H,8H2,1-4H3,(H3,15,16,17). The Kier molecular flexibility index (Phi) is 5.02. The maximum atomic E-state index is 13.2. The number of aliphatic imine (C=N–C) groups is 1. The number of nitrogens with two attached hydrogens (primary N) is 1. The second kappa shape index (κ2) is 6.09. The molecule has 1 aromatic carbocycles. The summed E-state index contributed by atoms with van der Waals surface area (Å²) in [6.45, 7) is 6.39. The molecule has 3 nitrogen and oxygen atoms in total. The van der Waals surface area contributed by atoms with Crippen molar-refractivity contribution in [1.29, 1.82) is 0 Å². The SMILES string of the molecule is CSc1ccc(F)cc1CN=C(N)NC(C)(C)C. The first kappa shape index (κ1) is 14.8. The Balaban J connectivity index is 2.79. The first-order chi connectivity index (χ1) is 8.31. The molecule has 1 rings (SSSR count). The molecule has 1 aromatic rings. The molecule has 0 saturated heterocycles. The summed E-state index contributed by atoms with van der Waals surface area (Å²) in [7, 11) is 0. The van der Waals surface area contributed by atoms with Crippen LogP contribution in [-0.4, -0.2) is 17.8 Å². The van der Waals surface area contributed by atoms with Crippen LogP contribution in [0.15, 0.2) is 28.1 Å². The van der Waals surface area contributed by atoms with Crippen molar-refractivity contribution in [2.45, 2.75) is 37.8 Å². The van der Waals surface area contributed by atoms with E-state index < -0.39 is 0 Å². The van der Waals surface area contributed by atoms with Crippen LogP contribution in [0.25, 0.3) is 0 Å². The number of rotatable bonds is 3. The highest BCUT2D eigenvalue weighted by molar-refractivity contribution is 7.98. The number of hydrogen-bond acceptors (Lipinski definition) is 2. The topological polar surface area (TPSA) is 50.4 Å². The summed E-state index contributed by atoms with van der Waals surface area (Å²) in [4.78, 5) is 5.25. The summed E-state index contributed by atoms with van der Waals surface area (Å²) >= 11 is 1.57. The van der Waals surface area contributed by atoms with Crippen molar-refractivity contribution in [1.82, 2.24) is 5.32 Å². The van der Waals surface area contributed by atoms with Crippen molar-refractivity contribution in [3.63, 3.8) is 0 Å². The smallest absolute Gasteiger partial charge is 0.189 e. The van der Waals surface area contributed by atoms with E-state index in [0.29, 0.717) is 12.5 Å². The monoisotopic (exact) mass is 269 g/mol. The second-order valence-corrected chi connectivity index (χ2v) is 5.88. The lowest BCUT2D eigenvalue weighted by molar-refractivity contribution is 0.508. The zero-order chi connectivity index (χ0) is 13.8. The predicted octanol–water partition coefficient (Wildman–Crippen LogP) is 2.75. The van der Waals surface area contributed by atoms with E-state index in [1.54, 1.807) is 17.8 Å². The van der Waals surface area contributed by atoms with E-state index in [1.165, 1.54) is 12.1 Å². The number of nitrogens with zero attached hydrogens (tertiary/aromatic N) is 1. The summed E-state index contributed by atoms with van der Waals surface area (Å²) in [6.07, 6.45) is 1.96. The molecule has 0 atom stereocenters. The molecule has 3 N–H and O–H groups in total. The summed E-state index contributed by atoms with van der Waals surface area (Å²) < 4.78 is 13.2. The van der Waals surface area contributed by atoms with Crippen LogP contribution in [0.4, 0.5) is 4.39 Å². The van der Waals surface area contributed by atoms with Crippen molar-refractivity contribution in [3.8, 4) is 0 Å². The van der Waals surface area contributed by atoms with Gasteiger partial charge in [-0.2, -0.15) is 0 Å². The van der Waals surface area contributed by atoms with Gasteiger partial charge in [0.15, 0.2) is 5.96 Å². The molecule has 0 amide bonds. The molecule has 0 saturated carbocycles. The number of guanidine groups is 1. The van der Waals surface area contributed by atoms with Gasteiger partial charge in [-0.1, -0.05) is 0 Å². The van der Waals surface area contributed by atoms with E-state index in [4.69, 9.17) is 5.73 Å². The van der Waals surface area contributed by atoms with Gasteiger partial charge < -0.3 is 11.1 Å². The van der Waals surface area contributed by atoms with Gasteiger partial charge in [-0.05, 0) is 50.8 Å². The Bertz CT molecular complexity index is 438. The number of halogens is 1. The fourth-order valence-electron chi connectivity index (χ4n) is 1.46. The van der Waals surface area contributed by atoms with Gasteiger partial charge in [0.2, 0.25) is 0 Å². The highest BCUT2D eigenvalue weighted by Crippen LogP contribution is 2.21. The van der Waals surface area contributed by atoms with E-state index in [1.807, 2.05) is 27.0 Å². The Morgan fingerprint density at radius 1 is 1.44 bits per heavy atom. The Morgan fingerprint density at radius 3 is 2.67 bits per heavy atom. The quantitative estimate of drug-likeness (QED) is 0.504. The number of hydrogen-bond donors (Lipinski definition) is 2. The molecule has 0 unspecified atom stereocenters. The molecular weight excluding hydrogens is 249 g/mol. The van der Waals surface area contributed by atoms with Crippen LogP contribution in [0.3, 0.4) is 0 Å². The normalized spacial score (nSPS) is 12.6. The van der Waals surface area contributed by atoms with E-state index in [0.717, 1.165) is 10.5 Å². The minimum Gasteiger partial charge on any atom is -0.370 e. The average molecular weight is 269 g/mol. The van der Waals surface area contributed by atoms with Crippen LogP contribution in [-0.2, 0) is 6.54 Å². The second-order valence-electron chi connectivity index (χ2n) is 5.03. The van der Waals surface area contributed by atoms with Gasteiger partial charge in [0.1, 0.15) is 5.82 Å². The van der Waals surface area contributed by atoms with E-state index in [-0.39, 0.29) is 11.4 Å². The van der Waals surface area contributed by atoms with Gasteiger partial charge in [-0.3, -0.25) is 0 Å². The third-order valence-corrected chi connectivity index (χ3v) is 3.00. The average Bonchev–Trinajstić information content (AvgIpc) is 2.24. The van der Waals surface area contributed by atoms with Crippen molar-refractivity contribution in [2.24, 2.45) is 10.7 Å². The number of benzene rings is 1. The maximum absolute atomic E-state index is 13.2. The van der Waals surface area contributed by atoms with Gasteiger partial charge in [-0.25, -0.2) is 9.38 Å². The van der Waals surface area contributed by atoms with E-state index in [9.17, 15) is 4.39 Å². The minimum atomic E-state index is -0.250. The van der Waals surface area contributed by atoms with Crippen LogP contribution in [0.1, 0.15) is 26.3 Å². The molecular formula is C13H20FN3S. The molecule has 0 radical (unpaired) electrons. The Labute approximate surface area is 112 Å². The van der Waals surface area contributed by atoms with Crippen LogP contribution in [0.5, 0.6) is 0 Å². The van der Waals surface area contributed by atoms with Crippen molar-refractivity contribution < 1.29 is 4.39 Å². The van der Waals surface area contributed by atoms with Crippen LogP contribution in [0, 0.1) is 5.82 Å². The maximum Gasteiger partial charge on any atom is 0.189 e. The Hall–Kier alpha value is -1.23. The van der Waals surface area contributed by atoms with Crippen LogP contribution >= 0.6 is 11.8 Å². The van der Waals surface area contributed by atoms with Gasteiger partial charge in [0.05, 0.1) is 6.54 Å². The van der Waals surface area contributed by atoms with E-state index >= 15 is 0 Å². The van der Waals surface area contributed by atoms with E-state index in [2.05, 4.69) is 10.3 Å². The summed E-state index contributed by atoms with van der Waals surface area (Å²) in [5.74, 6) is 0.124. The molecule has 0 aliphatic heterocycles. The molecule has 5 heteroatoms. The fourth-order valence-corrected chi connectivity index (χ4v) is 2.05. The van der Waals surface area contributed by atoms with Crippen molar-refractivity contribution in [3.05, 3.63) is 29.6 Å². The summed E-state index contributed by atoms with van der Waals surface area (Å²) in [5, 5.41) is 3.07. The molecule has 18 heavy (non-hydrogen) atoms. The lowest BCUT2D eigenvalue weighted by Gasteiger charge is -2.21. The first-order valence-corrected chi connectivity index (χ1v) is 6.95. The molecule has 0 aliphatic rings. The van der Waals surface area contributed by atoms with Gasteiger partial charge in [-0.15, -0.1) is 11.8 Å². The number of thioether (sulfide) groups is 1. The third-order valence-electron chi connectivity index (χ3n) is 2.17. The highest BCUT2D eigenvalue weighted by Gasteiger charge is 2.10. The van der Waals surface area contributed by atoms with Crippen molar-refractivity contribution >= 4 is 17.7 Å². The lowest BCUT2D eigenvalue weighted by Crippen LogP contribution is -2.44. The van der Waals surface area contributed by atoms with Crippen LogP contribution < -0.4 is 11.1 Å². The van der Waals surface area contributed by atoms with Gasteiger partial charge >= 0.3 is 0 Å². The summed E-state index contributed by atoms with van der Waals surface area (Å²) in [5.41, 5.74) is 6.50. The largest absolute Gasteiger partial charge is 0.370 e. The zero-order valence-corrected chi connectivity index (χ0v) is 12.1. The molecule has 0 heterocycles. The van der Waals surface area contributed by atoms with Crippen molar-refractivity contribution in [2.75, 3.05) is 6.26 Å². The number of nitrogens with one attached hydrogen (secondary N) is 1. The molecule has 0 bridgehead atoms. The zero-order valence-electron chi connectivity index (χ0n) is 11.2. The van der Waals surface area contributed by atoms with Crippen LogP contribution in [0.2, 0.25) is 0 Å². The Morgan fingerprint density at radius 2 is 2.11 bits per heavy atom. The predicted molar refractivity (Wildman–Crippen MR) is 76.4 cm³/mol. The van der Waals surface area contributed by atoms with Gasteiger partial charge in [0, 0.05) is 10.4 Å². The minimum absolute atomic E-state index is 0.127. The molecule has 0 spiro atoms. The van der Waals surface area contributed by atoms with Gasteiger partial charge in [0.25, 0.3) is 0 Å². The first-order valence-electron chi connectivity index (χ1n) is 5.72. The third kappa shape index (κ3) is 4.96. The fraction of sp³-hybridized carbons (Fsp3) is 0.462. The molecule has 100 valence electrons. The summed E-state index contributed by atoms with van der Waals surface area (Å²) in [6, 6.07) is 4.72. The molecule has 0 fully saturated rings. The molecule has 0 aliphatic carbocycles.